The maximum absolute atomic E-state index is 11.9. The number of ether oxygens (including phenoxy) is 6. The van der Waals surface area contributed by atoms with E-state index in [0.29, 0.717) is 102 Å². The second kappa shape index (κ2) is 25.4. The van der Waals surface area contributed by atoms with Crippen molar-refractivity contribution in [2.75, 3.05) is 85.1 Å². The molecule has 4 N–H and O–H groups in total. The average Bonchev–Trinajstić information content (AvgIpc) is 3.55. The van der Waals surface area contributed by atoms with E-state index in [4.69, 9.17) is 80.6 Å². The third kappa shape index (κ3) is 13.0. The largest absolute Gasteiger partial charge is 0.495 e. The van der Waals surface area contributed by atoms with E-state index in [1.165, 1.54) is 47.2 Å². The topological polar surface area (TPSA) is 232 Å². The zero-order valence-corrected chi connectivity index (χ0v) is 47.2. The van der Waals surface area contributed by atoms with Gasteiger partial charge in [-0.2, -0.15) is 0 Å². The standard InChI is InChI=1S/C28H26Cl2N6O5.C28H28Cl2N6O3/c1-35-13-19(14-35)41-18-7-6-16(22(11-18)36(37)38)9-17-10-21(33-15-32-17)20-5-4-8-31-28(20)34-27-25(29)23(39-2)12-24(40-3)26(27)30;1-36-13-19(14-36)39-18-7-6-16(21(31)11-18)9-17-10-22(34-15-33-17)20-5-4-8-32-28(20)35-27-25(29)23(37-2)12-24(38-3)26(27)30/h4-8,10-12,15,19H,9,13-14H2,1-3H3,(H,31,34);4-8,10-12,15,19H,9,13-14,31H2,1-3H3,(H,32,35). The van der Waals surface area contributed by atoms with Crippen molar-refractivity contribution in [1.82, 2.24) is 39.7 Å². The van der Waals surface area contributed by atoms with Gasteiger partial charge in [-0.05, 0) is 74.3 Å². The molecule has 6 heterocycles. The van der Waals surface area contributed by atoms with Crippen LogP contribution >= 0.6 is 46.4 Å². The third-order valence-electron chi connectivity index (χ3n) is 13.0. The van der Waals surface area contributed by atoms with Crippen LogP contribution in [0.1, 0.15) is 22.5 Å². The van der Waals surface area contributed by atoms with Gasteiger partial charge in [-0.1, -0.05) is 52.5 Å². The molecule has 0 amide bonds. The number of nitrogens with one attached hydrogen (secondary N) is 2. The van der Waals surface area contributed by atoms with Gasteiger partial charge in [0, 0.05) is 103 Å². The Kier molecular flexibility index (Phi) is 18.0. The summed E-state index contributed by atoms with van der Waals surface area (Å²) in [5.41, 5.74) is 13.2. The highest BCUT2D eigenvalue weighted by atomic mass is 35.5. The molecular weight excluding hydrogens is 1110 g/mol. The molecule has 0 bridgehead atoms. The third-order valence-corrected chi connectivity index (χ3v) is 14.5. The molecule has 20 nitrogen and oxygen atoms in total. The molecule has 4 aromatic carbocycles. The Morgan fingerprint density at radius 3 is 1.39 bits per heavy atom. The number of anilines is 5. The van der Waals surface area contributed by atoms with Crippen molar-refractivity contribution in [3.63, 3.8) is 0 Å². The van der Waals surface area contributed by atoms with Gasteiger partial charge in [-0.25, -0.2) is 29.9 Å². The van der Waals surface area contributed by atoms with Gasteiger partial charge in [-0.3, -0.25) is 19.9 Å². The number of aromatic nitrogens is 6. The van der Waals surface area contributed by atoms with Crippen molar-refractivity contribution in [1.29, 1.82) is 0 Å². The molecular formula is C56H54Cl4N12O8. The fourth-order valence-corrected chi connectivity index (χ4v) is 10.1. The lowest BCUT2D eigenvalue weighted by atomic mass is 10.0. The monoisotopic (exact) mass is 1160 g/mol. The summed E-state index contributed by atoms with van der Waals surface area (Å²) in [6, 6.07) is 24.9. The number of methoxy groups -OCH3 is 4. The Labute approximate surface area is 481 Å². The molecule has 2 aliphatic heterocycles. The summed E-state index contributed by atoms with van der Waals surface area (Å²) in [5, 5.41) is 19.4. The predicted molar refractivity (Wildman–Crippen MR) is 310 cm³/mol. The van der Waals surface area contributed by atoms with Gasteiger partial charge in [0.1, 0.15) is 91.1 Å². The molecule has 8 aromatic rings. The number of nitrogens with two attached hydrogens (primary N) is 1. The molecule has 414 valence electrons. The van der Waals surface area contributed by atoms with Gasteiger partial charge in [0.2, 0.25) is 0 Å². The minimum atomic E-state index is -0.407. The molecule has 0 spiro atoms. The summed E-state index contributed by atoms with van der Waals surface area (Å²) >= 11 is 26.3. The van der Waals surface area contributed by atoms with Crippen LogP contribution in [0.25, 0.3) is 22.5 Å². The summed E-state index contributed by atoms with van der Waals surface area (Å²) in [7, 11) is 10.1. The molecule has 10 rings (SSSR count). The molecule has 2 saturated heterocycles. The fourth-order valence-electron chi connectivity index (χ4n) is 8.89. The molecule has 0 saturated carbocycles. The SMILES string of the molecule is COc1cc(OC)c(Cl)c(Nc2ncccc2-c2cc(Cc3ccc(OC4CN(C)C4)cc3N)ncn2)c1Cl.COc1cc(OC)c(Cl)c(Nc2ncccc2-c2cc(Cc3ccc(OC4CN(C)C4)cc3[N+](=O)[O-])ncn2)c1Cl. The first-order valence-electron chi connectivity index (χ1n) is 24.8. The Hall–Kier alpha value is -7.98. The molecule has 2 fully saturated rings. The number of nitro benzene ring substituents is 1. The number of benzene rings is 4. The lowest BCUT2D eigenvalue weighted by molar-refractivity contribution is -0.385. The molecule has 4 aromatic heterocycles. The van der Waals surface area contributed by atoms with Gasteiger partial charge in [-0.15, -0.1) is 0 Å². The number of hydrogen-bond acceptors (Lipinski definition) is 19. The van der Waals surface area contributed by atoms with Crippen LogP contribution in [-0.4, -0.2) is 126 Å². The summed E-state index contributed by atoms with van der Waals surface area (Å²) in [4.78, 5) is 42.5. The highest BCUT2D eigenvalue weighted by Gasteiger charge is 2.28. The van der Waals surface area contributed by atoms with Crippen LogP contribution < -0.4 is 44.8 Å². The first kappa shape index (κ1) is 56.7. The minimum Gasteiger partial charge on any atom is -0.495 e. The van der Waals surface area contributed by atoms with Crippen LogP contribution in [0.2, 0.25) is 20.1 Å². The quantitative estimate of drug-likeness (QED) is 0.0388. The smallest absolute Gasteiger partial charge is 0.276 e. The van der Waals surface area contributed by atoms with E-state index in [0.717, 1.165) is 48.7 Å². The van der Waals surface area contributed by atoms with Crippen molar-refractivity contribution < 1.29 is 33.3 Å². The maximum Gasteiger partial charge on any atom is 0.276 e. The van der Waals surface area contributed by atoms with Gasteiger partial charge in [0.25, 0.3) is 5.69 Å². The summed E-state index contributed by atoms with van der Waals surface area (Å²) in [6.45, 7) is 3.41. The number of hydrogen-bond donors (Lipinski definition) is 3. The molecule has 2 aliphatic rings. The Morgan fingerprint density at radius 2 is 0.988 bits per heavy atom. The predicted octanol–water partition coefficient (Wildman–Crippen LogP) is 11.3. The molecule has 0 aliphatic carbocycles. The van der Waals surface area contributed by atoms with Crippen LogP contribution in [0.4, 0.5) is 34.4 Å². The van der Waals surface area contributed by atoms with Gasteiger partial charge >= 0.3 is 0 Å². The lowest BCUT2D eigenvalue weighted by Crippen LogP contribution is -2.51. The normalized spacial score (nSPS) is 13.5. The second-order valence-corrected chi connectivity index (χ2v) is 20.1. The van der Waals surface area contributed by atoms with Gasteiger partial charge < -0.3 is 44.8 Å². The van der Waals surface area contributed by atoms with E-state index in [9.17, 15) is 10.1 Å². The highest BCUT2D eigenvalue weighted by molar-refractivity contribution is 6.42. The van der Waals surface area contributed by atoms with Crippen molar-refractivity contribution >= 4 is 80.8 Å². The number of likely N-dealkylation sites (tertiary alicyclic amines) is 2. The number of nitrogen functional groups attached to an aromatic ring is 1. The first-order chi connectivity index (χ1) is 38.6. The van der Waals surface area contributed by atoms with Crippen LogP contribution in [0, 0.1) is 10.1 Å². The Balaban J connectivity index is 0.000000194. The molecule has 0 atom stereocenters. The van der Waals surface area contributed by atoms with E-state index in [-0.39, 0.29) is 34.4 Å². The number of halogens is 4. The molecule has 0 unspecified atom stereocenters. The van der Waals surface area contributed by atoms with E-state index in [2.05, 4.69) is 57.4 Å². The van der Waals surface area contributed by atoms with Crippen molar-refractivity contribution in [3.8, 4) is 57.0 Å². The summed E-state index contributed by atoms with van der Waals surface area (Å²) in [5.74, 6) is 3.74. The minimum absolute atomic E-state index is 0.0278. The van der Waals surface area contributed by atoms with Gasteiger partial charge in [0.05, 0.1) is 62.2 Å². The van der Waals surface area contributed by atoms with Crippen LogP contribution in [-0.2, 0) is 12.8 Å². The average molecular weight is 1160 g/mol. The number of pyridine rings is 2. The van der Waals surface area contributed by atoms with E-state index < -0.39 is 4.92 Å². The van der Waals surface area contributed by atoms with E-state index in [1.54, 1.807) is 48.8 Å². The number of likely N-dealkylation sites (N-methyl/N-ethyl adjacent to an activating group) is 2. The van der Waals surface area contributed by atoms with Gasteiger partial charge in [0.15, 0.2) is 0 Å². The maximum atomic E-state index is 11.9. The lowest BCUT2D eigenvalue weighted by Gasteiger charge is -2.36. The summed E-state index contributed by atoms with van der Waals surface area (Å²) in [6.07, 6.45) is 7.19. The number of nitro groups is 1. The van der Waals surface area contributed by atoms with Crippen LogP contribution in [0.15, 0.2) is 110 Å². The zero-order chi connectivity index (χ0) is 56.6. The van der Waals surface area contributed by atoms with Crippen LogP contribution in [0.5, 0.6) is 34.5 Å². The molecule has 24 heteroatoms. The molecule has 0 radical (unpaired) electrons. The number of nitrogens with zero attached hydrogens (tertiary/aromatic N) is 9. The Morgan fingerprint density at radius 1 is 0.575 bits per heavy atom. The van der Waals surface area contributed by atoms with E-state index >= 15 is 0 Å². The van der Waals surface area contributed by atoms with Crippen molar-refractivity contribution in [2.24, 2.45) is 0 Å². The Bertz CT molecular complexity index is 3500. The second-order valence-electron chi connectivity index (χ2n) is 18.6. The van der Waals surface area contributed by atoms with E-state index in [1.807, 2.05) is 49.5 Å². The number of rotatable bonds is 19. The van der Waals surface area contributed by atoms with Crippen molar-refractivity contribution in [3.05, 3.63) is 163 Å². The zero-order valence-electron chi connectivity index (χ0n) is 44.2. The highest BCUT2D eigenvalue weighted by Crippen LogP contribution is 2.47. The van der Waals surface area contributed by atoms with Crippen molar-refractivity contribution in [2.45, 2.75) is 25.0 Å². The summed E-state index contributed by atoms with van der Waals surface area (Å²) < 4.78 is 33.4. The first-order valence-corrected chi connectivity index (χ1v) is 26.3. The fraction of sp³-hybridized carbons (Fsp3) is 0.250. The van der Waals surface area contributed by atoms with Crippen LogP contribution in [0.3, 0.4) is 0 Å². The molecule has 80 heavy (non-hydrogen) atoms.